The molecule has 0 unspecified atom stereocenters. The lowest BCUT2D eigenvalue weighted by atomic mass is 9.99. The molecule has 180 valence electrons. The third-order valence-corrected chi connectivity index (χ3v) is 5.82. The van der Waals surface area contributed by atoms with Crippen LogP contribution in [-0.2, 0) is 12.8 Å². The third-order valence-electron chi connectivity index (χ3n) is 5.82. The van der Waals surface area contributed by atoms with E-state index >= 15 is 0 Å². The van der Waals surface area contributed by atoms with Gasteiger partial charge in [-0.15, -0.1) is 0 Å². The van der Waals surface area contributed by atoms with Crippen LogP contribution in [0.4, 0.5) is 0 Å². The van der Waals surface area contributed by atoms with Crippen LogP contribution in [0.25, 0.3) is 21.9 Å². The molecule has 0 saturated carbocycles. The fourth-order valence-electron chi connectivity index (χ4n) is 3.86. The van der Waals surface area contributed by atoms with Crippen LogP contribution in [0.15, 0.2) is 56.3 Å². The van der Waals surface area contributed by atoms with E-state index in [2.05, 4.69) is 6.08 Å². The van der Waals surface area contributed by atoms with Crippen molar-refractivity contribution in [3.63, 3.8) is 0 Å². The van der Waals surface area contributed by atoms with Crippen LogP contribution in [0.1, 0.15) is 58.6 Å². The van der Waals surface area contributed by atoms with Crippen LogP contribution in [0, 0.1) is 0 Å². The summed E-state index contributed by atoms with van der Waals surface area (Å²) >= 11 is 0. The topological polar surface area (TPSA) is 111 Å². The molecule has 6 heteroatoms. The molecule has 3 rings (SSSR count). The first kappa shape index (κ1) is 25.0. The van der Waals surface area contributed by atoms with Crippen molar-refractivity contribution < 1.29 is 24.8 Å². The SMILES string of the molecule is CC(C)=CCC/C(C)=C/Cc1c(O)c(O)cc2c(=O)c3c(O)c(CC=C(C)C)c(O)cc3oc12. The molecular formula is C28H32O6. The lowest BCUT2D eigenvalue weighted by Crippen LogP contribution is -2.05. The Bertz CT molecular complexity index is 1390. The Morgan fingerprint density at radius 3 is 2.12 bits per heavy atom. The summed E-state index contributed by atoms with van der Waals surface area (Å²) in [4.78, 5) is 13.3. The van der Waals surface area contributed by atoms with Gasteiger partial charge < -0.3 is 24.8 Å². The highest BCUT2D eigenvalue weighted by molar-refractivity contribution is 5.97. The van der Waals surface area contributed by atoms with Crippen molar-refractivity contribution in [2.75, 3.05) is 0 Å². The molecule has 2 aromatic carbocycles. The monoisotopic (exact) mass is 464 g/mol. The average molecular weight is 465 g/mol. The van der Waals surface area contributed by atoms with E-state index in [-0.39, 0.29) is 63.2 Å². The Kier molecular flexibility index (Phi) is 7.40. The number of hydrogen-bond donors (Lipinski definition) is 4. The summed E-state index contributed by atoms with van der Waals surface area (Å²) in [7, 11) is 0. The number of hydrogen-bond acceptors (Lipinski definition) is 6. The quantitative estimate of drug-likeness (QED) is 0.180. The highest BCUT2D eigenvalue weighted by Crippen LogP contribution is 2.40. The summed E-state index contributed by atoms with van der Waals surface area (Å²) in [5.74, 6) is -1.35. The van der Waals surface area contributed by atoms with E-state index in [9.17, 15) is 25.2 Å². The Morgan fingerprint density at radius 2 is 1.47 bits per heavy atom. The highest BCUT2D eigenvalue weighted by Gasteiger charge is 2.22. The molecule has 1 aromatic heterocycles. The van der Waals surface area contributed by atoms with Gasteiger partial charge in [0.25, 0.3) is 0 Å². The van der Waals surface area contributed by atoms with Crippen LogP contribution < -0.4 is 5.43 Å². The van der Waals surface area contributed by atoms with Crippen LogP contribution >= 0.6 is 0 Å². The van der Waals surface area contributed by atoms with Crippen molar-refractivity contribution in [3.8, 4) is 23.0 Å². The number of fused-ring (bicyclic) bond motifs is 2. The largest absolute Gasteiger partial charge is 0.507 e. The molecule has 4 N–H and O–H groups in total. The normalized spacial score (nSPS) is 11.7. The van der Waals surface area contributed by atoms with Gasteiger partial charge in [0.05, 0.1) is 5.39 Å². The molecule has 0 aliphatic heterocycles. The average Bonchev–Trinajstić information content (AvgIpc) is 2.74. The number of rotatable bonds is 7. The predicted octanol–water partition coefficient (Wildman–Crippen LogP) is 6.51. The summed E-state index contributed by atoms with van der Waals surface area (Å²) in [6.45, 7) is 9.86. The van der Waals surface area contributed by atoms with Gasteiger partial charge in [0, 0.05) is 17.2 Å². The molecule has 0 bridgehead atoms. The summed E-state index contributed by atoms with van der Waals surface area (Å²) in [5.41, 5.74) is 3.39. The smallest absolute Gasteiger partial charge is 0.204 e. The number of phenols is 4. The molecule has 6 nitrogen and oxygen atoms in total. The molecule has 0 atom stereocenters. The van der Waals surface area contributed by atoms with Crippen molar-refractivity contribution in [3.05, 3.63) is 68.4 Å². The molecule has 0 aliphatic rings. The summed E-state index contributed by atoms with van der Waals surface area (Å²) < 4.78 is 5.94. The molecule has 34 heavy (non-hydrogen) atoms. The lowest BCUT2D eigenvalue weighted by molar-refractivity contribution is 0.400. The van der Waals surface area contributed by atoms with Crippen molar-refractivity contribution in [2.24, 2.45) is 0 Å². The second kappa shape index (κ2) is 10.1. The third kappa shape index (κ3) is 5.11. The first-order chi connectivity index (χ1) is 16.0. The zero-order chi connectivity index (χ0) is 25.2. The minimum Gasteiger partial charge on any atom is -0.507 e. The zero-order valence-corrected chi connectivity index (χ0v) is 20.3. The Labute approximate surface area is 198 Å². The number of allylic oxidation sites excluding steroid dienone is 6. The predicted molar refractivity (Wildman–Crippen MR) is 136 cm³/mol. The second-order valence-electron chi connectivity index (χ2n) is 9.19. The van der Waals surface area contributed by atoms with Gasteiger partial charge >= 0.3 is 0 Å². The van der Waals surface area contributed by atoms with E-state index in [0.29, 0.717) is 0 Å². The number of benzene rings is 2. The van der Waals surface area contributed by atoms with Crippen LogP contribution in [-0.4, -0.2) is 20.4 Å². The maximum atomic E-state index is 13.3. The molecule has 1 heterocycles. The van der Waals surface area contributed by atoms with Gasteiger partial charge in [-0.3, -0.25) is 4.79 Å². The van der Waals surface area contributed by atoms with Crippen molar-refractivity contribution in [1.29, 1.82) is 0 Å². The Balaban J connectivity index is 2.18. The second-order valence-corrected chi connectivity index (χ2v) is 9.19. The van der Waals surface area contributed by atoms with Gasteiger partial charge in [-0.05, 0) is 66.4 Å². The fourth-order valence-corrected chi connectivity index (χ4v) is 3.86. The van der Waals surface area contributed by atoms with Gasteiger partial charge in [-0.2, -0.15) is 0 Å². The first-order valence-corrected chi connectivity index (χ1v) is 11.3. The van der Waals surface area contributed by atoms with E-state index < -0.39 is 11.2 Å². The number of phenolic OH excluding ortho intramolecular Hbond substituents is 4. The van der Waals surface area contributed by atoms with Crippen LogP contribution in [0.5, 0.6) is 23.0 Å². The summed E-state index contributed by atoms with van der Waals surface area (Å²) in [6.07, 6.45) is 8.12. The maximum absolute atomic E-state index is 13.3. The zero-order valence-electron chi connectivity index (χ0n) is 20.3. The molecule has 0 aliphatic carbocycles. The van der Waals surface area contributed by atoms with Gasteiger partial charge in [0.2, 0.25) is 5.43 Å². The molecule has 0 fully saturated rings. The Morgan fingerprint density at radius 1 is 0.824 bits per heavy atom. The van der Waals surface area contributed by atoms with Gasteiger partial charge in [0.15, 0.2) is 11.5 Å². The number of aromatic hydroxyl groups is 4. The maximum Gasteiger partial charge on any atom is 0.204 e. The molecule has 0 spiro atoms. The van der Waals surface area contributed by atoms with Crippen molar-refractivity contribution >= 4 is 21.9 Å². The van der Waals surface area contributed by atoms with E-state index in [1.54, 1.807) is 0 Å². The molecular weight excluding hydrogens is 432 g/mol. The van der Waals surface area contributed by atoms with Crippen LogP contribution in [0.2, 0.25) is 0 Å². The van der Waals surface area contributed by atoms with E-state index in [4.69, 9.17) is 4.42 Å². The Hall–Kier alpha value is -3.67. The van der Waals surface area contributed by atoms with Crippen molar-refractivity contribution in [1.82, 2.24) is 0 Å². The summed E-state index contributed by atoms with van der Waals surface area (Å²) in [5, 5.41) is 42.1. The van der Waals surface area contributed by atoms with E-state index in [1.165, 1.54) is 11.6 Å². The fraction of sp³-hybridized carbons (Fsp3) is 0.321. The van der Waals surface area contributed by atoms with Gasteiger partial charge in [-0.25, -0.2) is 0 Å². The summed E-state index contributed by atoms with van der Waals surface area (Å²) in [6, 6.07) is 2.45. The molecule has 3 aromatic rings. The van der Waals surface area contributed by atoms with Crippen LogP contribution in [0.3, 0.4) is 0 Å². The van der Waals surface area contributed by atoms with Crippen molar-refractivity contribution in [2.45, 2.75) is 60.3 Å². The van der Waals surface area contributed by atoms with Gasteiger partial charge in [-0.1, -0.05) is 34.9 Å². The molecule has 0 saturated heterocycles. The standard InChI is InChI=1S/C28H32O6/c1-15(2)7-6-8-17(5)10-12-19-25(31)22(30)13-20-27(33)24-23(34-28(19)20)14-21(29)18(26(24)32)11-9-16(3)4/h7,9-10,13-14,29-32H,6,8,11-12H2,1-5H3/b17-10+. The van der Waals surface area contributed by atoms with E-state index in [1.807, 2.05) is 46.8 Å². The lowest BCUT2D eigenvalue weighted by Gasteiger charge is -2.13. The van der Waals surface area contributed by atoms with Gasteiger partial charge in [0.1, 0.15) is 28.1 Å². The minimum absolute atomic E-state index is 0.00375. The highest BCUT2D eigenvalue weighted by atomic mass is 16.3. The molecule has 0 radical (unpaired) electrons. The molecule has 0 amide bonds. The minimum atomic E-state index is -0.548. The first-order valence-electron chi connectivity index (χ1n) is 11.3. The van der Waals surface area contributed by atoms with E-state index in [0.717, 1.165) is 30.1 Å².